The van der Waals surface area contributed by atoms with Gasteiger partial charge in [-0.05, 0) is 62.5 Å². The Morgan fingerprint density at radius 2 is 1.96 bits per heavy atom. The number of thiocarbonyl (C=S) groups is 1. The molecule has 0 saturated carbocycles. The molecule has 1 heterocycles. The predicted molar refractivity (Wildman–Crippen MR) is 106 cm³/mol. The lowest BCUT2D eigenvalue weighted by Gasteiger charge is -2.38. The fourth-order valence-corrected chi connectivity index (χ4v) is 3.45. The van der Waals surface area contributed by atoms with Crippen LogP contribution in [0.5, 0.6) is 11.5 Å². The molecule has 0 aromatic heterocycles. The van der Waals surface area contributed by atoms with E-state index in [4.69, 9.17) is 21.7 Å². The number of hydrogen-bond donors (Lipinski definition) is 2. The van der Waals surface area contributed by atoms with E-state index in [1.54, 1.807) is 7.11 Å². The molecular formula is C20H21F3N2O2S. The number of hydrogen-bond acceptors (Lipinski definition) is 3. The number of alkyl halides is 3. The van der Waals surface area contributed by atoms with Gasteiger partial charge in [0.2, 0.25) is 0 Å². The summed E-state index contributed by atoms with van der Waals surface area (Å²) in [5, 5.41) is 6.26. The molecule has 0 aliphatic carbocycles. The minimum atomic E-state index is -4.41. The van der Waals surface area contributed by atoms with Crippen molar-refractivity contribution in [1.29, 1.82) is 0 Å². The maximum absolute atomic E-state index is 12.9. The molecule has 150 valence electrons. The van der Waals surface area contributed by atoms with E-state index in [1.807, 2.05) is 32.0 Å². The molecule has 4 nitrogen and oxygen atoms in total. The third-order valence-electron chi connectivity index (χ3n) is 4.43. The smallest absolute Gasteiger partial charge is 0.416 e. The highest BCUT2D eigenvalue weighted by Crippen LogP contribution is 2.41. The zero-order valence-corrected chi connectivity index (χ0v) is 16.5. The number of nitrogens with one attached hydrogen (secondary N) is 2. The maximum atomic E-state index is 12.9. The van der Waals surface area contributed by atoms with E-state index in [0.29, 0.717) is 12.2 Å². The first-order valence-electron chi connectivity index (χ1n) is 8.69. The van der Waals surface area contributed by atoms with E-state index in [2.05, 4.69) is 10.6 Å². The van der Waals surface area contributed by atoms with Crippen LogP contribution in [0.25, 0.3) is 0 Å². The average Bonchev–Trinajstić information content (AvgIpc) is 2.60. The van der Waals surface area contributed by atoms with Crippen molar-refractivity contribution < 1.29 is 22.6 Å². The molecule has 0 fully saturated rings. The quantitative estimate of drug-likeness (QED) is 0.672. The van der Waals surface area contributed by atoms with Gasteiger partial charge in [-0.15, -0.1) is 0 Å². The van der Waals surface area contributed by atoms with E-state index in [1.165, 1.54) is 12.1 Å². The topological polar surface area (TPSA) is 42.5 Å². The molecule has 0 amide bonds. The van der Waals surface area contributed by atoms with Gasteiger partial charge in [0.25, 0.3) is 0 Å². The van der Waals surface area contributed by atoms with Crippen molar-refractivity contribution in [3.05, 3.63) is 53.6 Å². The molecule has 0 saturated heterocycles. The van der Waals surface area contributed by atoms with Gasteiger partial charge in [-0.3, -0.25) is 0 Å². The molecule has 28 heavy (non-hydrogen) atoms. The van der Waals surface area contributed by atoms with E-state index in [0.717, 1.165) is 23.4 Å². The Bertz CT molecular complexity index is 884. The van der Waals surface area contributed by atoms with E-state index in [9.17, 15) is 13.2 Å². The Morgan fingerprint density at radius 1 is 1.21 bits per heavy atom. The highest BCUT2D eigenvalue weighted by molar-refractivity contribution is 7.80. The highest BCUT2D eigenvalue weighted by Gasteiger charge is 2.34. The van der Waals surface area contributed by atoms with Crippen molar-refractivity contribution in [1.82, 2.24) is 5.32 Å². The lowest BCUT2D eigenvalue weighted by molar-refractivity contribution is -0.137. The minimum Gasteiger partial charge on any atom is -0.497 e. The first-order valence-corrected chi connectivity index (χ1v) is 9.10. The third-order valence-corrected chi connectivity index (χ3v) is 4.65. The Balaban J connectivity index is 1.79. The van der Waals surface area contributed by atoms with Crippen LogP contribution in [0, 0.1) is 0 Å². The highest BCUT2D eigenvalue weighted by atomic mass is 32.1. The third kappa shape index (κ3) is 4.67. The SMILES string of the molecule is COc1ccc2c(c1)C(NC(=S)Nc1cccc(C(F)(F)F)c1)CC(C)(C)O2. The number of anilines is 1. The lowest BCUT2D eigenvalue weighted by atomic mass is 9.89. The molecule has 0 radical (unpaired) electrons. The summed E-state index contributed by atoms with van der Waals surface area (Å²) in [6.07, 6.45) is -3.79. The van der Waals surface area contributed by atoms with Crippen LogP contribution in [-0.2, 0) is 6.18 Å². The molecule has 0 spiro atoms. The zero-order chi connectivity index (χ0) is 20.5. The van der Waals surface area contributed by atoms with Crippen LogP contribution < -0.4 is 20.1 Å². The van der Waals surface area contributed by atoms with Crippen molar-refractivity contribution in [3.63, 3.8) is 0 Å². The number of rotatable bonds is 3. The first-order chi connectivity index (χ1) is 13.1. The minimum absolute atomic E-state index is 0.181. The van der Waals surface area contributed by atoms with Crippen molar-refractivity contribution in [2.75, 3.05) is 12.4 Å². The Hall–Kier alpha value is -2.48. The van der Waals surface area contributed by atoms with Crippen molar-refractivity contribution >= 4 is 23.0 Å². The van der Waals surface area contributed by atoms with Gasteiger partial charge in [-0.2, -0.15) is 13.2 Å². The van der Waals surface area contributed by atoms with Crippen LogP contribution in [0.3, 0.4) is 0 Å². The van der Waals surface area contributed by atoms with E-state index >= 15 is 0 Å². The number of ether oxygens (including phenoxy) is 2. The van der Waals surface area contributed by atoms with Crippen LogP contribution in [-0.4, -0.2) is 17.8 Å². The normalized spacial score (nSPS) is 17.9. The Labute approximate surface area is 167 Å². The average molecular weight is 410 g/mol. The summed E-state index contributed by atoms with van der Waals surface area (Å²) < 4.78 is 50.0. The second-order valence-electron chi connectivity index (χ2n) is 7.20. The lowest BCUT2D eigenvalue weighted by Crippen LogP contribution is -2.42. The van der Waals surface area contributed by atoms with Gasteiger partial charge >= 0.3 is 6.18 Å². The fraction of sp³-hybridized carbons (Fsp3) is 0.350. The van der Waals surface area contributed by atoms with Gasteiger partial charge < -0.3 is 20.1 Å². The summed E-state index contributed by atoms with van der Waals surface area (Å²) in [7, 11) is 1.58. The molecular weight excluding hydrogens is 389 g/mol. The number of benzene rings is 2. The Kier molecular flexibility index (Phi) is 5.43. The molecule has 1 unspecified atom stereocenters. The molecule has 2 N–H and O–H groups in total. The van der Waals surface area contributed by atoms with Gasteiger partial charge in [0.1, 0.15) is 17.1 Å². The molecule has 1 aliphatic rings. The van der Waals surface area contributed by atoms with Crippen LogP contribution in [0.15, 0.2) is 42.5 Å². The van der Waals surface area contributed by atoms with Gasteiger partial charge in [0.05, 0.1) is 18.7 Å². The van der Waals surface area contributed by atoms with Crippen molar-refractivity contribution in [2.24, 2.45) is 0 Å². The fourth-order valence-electron chi connectivity index (χ4n) is 3.19. The van der Waals surface area contributed by atoms with Gasteiger partial charge in [-0.25, -0.2) is 0 Å². The van der Waals surface area contributed by atoms with E-state index < -0.39 is 17.3 Å². The van der Waals surface area contributed by atoms with Crippen LogP contribution in [0.4, 0.5) is 18.9 Å². The van der Waals surface area contributed by atoms with Crippen LogP contribution in [0.2, 0.25) is 0 Å². The monoisotopic (exact) mass is 410 g/mol. The zero-order valence-electron chi connectivity index (χ0n) is 15.7. The molecule has 2 aromatic carbocycles. The van der Waals surface area contributed by atoms with Crippen molar-refractivity contribution in [3.8, 4) is 11.5 Å². The summed E-state index contributed by atoms with van der Waals surface area (Å²) in [5.41, 5.74) is -0.00982. The second kappa shape index (κ2) is 7.50. The maximum Gasteiger partial charge on any atom is 0.416 e. The molecule has 1 aliphatic heterocycles. The van der Waals surface area contributed by atoms with Gasteiger partial charge in [-0.1, -0.05) is 6.07 Å². The standard InChI is InChI=1S/C20H21F3N2O2S/c1-19(2)11-16(15-10-14(26-3)7-8-17(15)27-19)25-18(28)24-13-6-4-5-12(9-13)20(21,22)23/h4-10,16H,11H2,1-3H3,(H2,24,25,28). The summed E-state index contributed by atoms with van der Waals surface area (Å²) >= 11 is 5.34. The first kappa shape index (κ1) is 20.3. The van der Waals surface area contributed by atoms with E-state index in [-0.39, 0.29) is 16.8 Å². The molecule has 3 rings (SSSR count). The predicted octanol–water partition coefficient (Wildman–Crippen LogP) is 5.30. The summed E-state index contributed by atoms with van der Waals surface area (Å²) in [6, 6.07) is 10.3. The molecule has 2 aromatic rings. The molecule has 0 bridgehead atoms. The molecule has 8 heteroatoms. The largest absolute Gasteiger partial charge is 0.497 e. The second-order valence-corrected chi connectivity index (χ2v) is 7.61. The van der Waals surface area contributed by atoms with Crippen LogP contribution in [0.1, 0.15) is 37.4 Å². The van der Waals surface area contributed by atoms with Crippen molar-refractivity contribution in [2.45, 2.75) is 38.1 Å². The number of methoxy groups -OCH3 is 1. The number of halogens is 3. The van der Waals surface area contributed by atoms with Gasteiger partial charge in [0.15, 0.2) is 5.11 Å². The van der Waals surface area contributed by atoms with Crippen LogP contribution >= 0.6 is 12.2 Å². The number of fused-ring (bicyclic) bond motifs is 1. The molecule has 1 atom stereocenters. The summed E-state index contributed by atoms with van der Waals surface area (Å²) in [6.45, 7) is 3.94. The van der Waals surface area contributed by atoms with Gasteiger partial charge in [0, 0.05) is 17.7 Å². The summed E-state index contributed by atoms with van der Waals surface area (Å²) in [5.74, 6) is 1.40. The Morgan fingerprint density at radius 3 is 2.64 bits per heavy atom. The summed E-state index contributed by atoms with van der Waals surface area (Å²) in [4.78, 5) is 0.